The van der Waals surface area contributed by atoms with E-state index < -0.39 is 9.84 Å². The molecule has 1 heterocycles. The van der Waals surface area contributed by atoms with Gasteiger partial charge in [0.1, 0.15) is 0 Å². The van der Waals surface area contributed by atoms with Gasteiger partial charge in [0.05, 0.1) is 4.90 Å². The second-order valence-corrected chi connectivity index (χ2v) is 12.0. The lowest BCUT2D eigenvalue weighted by Gasteiger charge is -2.32. The van der Waals surface area contributed by atoms with Crippen molar-refractivity contribution in [3.63, 3.8) is 0 Å². The number of sulfone groups is 1. The van der Waals surface area contributed by atoms with Gasteiger partial charge in [0.2, 0.25) is 0 Å². The number of nitrogens with zero attached hydrogens (tertiary/aromatic N) is 1. The average Bonchev–Trinajstić information content (AvgIpc) is 2.72. The number of hydrogen-bond donors (Lipinski definition) is 1. The molecule has 1 aliphatic rings. The lowest BCUT2D eigenvalue weighted by atomic mass is 9.87. The Morgan fingerprint density at radius 2 is 1.58 bits per heavy atom. The van der Waals surface area contributed by atoms with Gasteiger partial charge in [-0.15, -0.1) is 0 Å². The number of piperidine rings is 1. The fourth-order valence-corrected chi connectivity index (χ4v) is 4.87. The third kappa shape index (κ3) is 7.36. The molecule has 0 radical (unpaired) electrons. The molecule has 1 saturated heterocycles. The van der Waals surface area contributed by atoms with Crippen molar-refractivity contribution in [2.75, 3.05) is 37.8 Å². The molecular weight excluding hydrogens is 404 g/mol. The van der Waals surface area contributed by atoms with Crippen LogP contribution in [0.4, 0.5) is 5.69 Å². The van der Waals surface area contributed by atoms with Crippen LogP contribution in [-0.2, 0) is 21.7 Å². The van der Waals surface area contributed by atoms with Crippen LogP contribution in [0.1, 0.15) is 51.2 Å². The maximum atomic E-state index is 11.6. The summed E-state index contributed by atoms with van der Waals surface area (Å²) in [6.07, 6.45) is 5.89. The van der Waals surface area contributed by atoms with Gasteiger partial charge in [0, 0.05) is 18.5 Å². The summed E-state index contributed by atoms with van der Waals surface area (Å²) in [6, 6.07) is 16.3. The summed E-state index contributed by atoms with van der Waals surface area (Å²) in [5.74, 6) is 0.694. The Kier molecular flexibility index (Phi) is 7.82. The first-order valence-corrected chi connectivity index (χ1v) is 13.4. The normalized spacial score (nSPS) is 16.4. The molecule has 0 unspecified atom stereocenters. The Morgan fingerprint density at radius 1 is 0.968 bits per heavy atom. The van der Waals surface area contributed by atoms with E-state index in [1.807, 2.05) is 12.1 Å². The molecule has 3 rings (SSSR count). The van der Waals surface area contributed by atoms with Crippen molar-refractivity contribution in [1.29, 1.82) is 0 Å². The van der Waals surface area contributed by atoms with Crippen LogP contribution < -0.4 is 5.32 Å². The third-order valence-electron chi connectivity index (χ3n) is 6.31. The van der Waals surface area contributed by atoms with Gasteiger partial charge in [0.25, 0.3) is 0 Å². The van der Waals surface area contributed by atoms with E-state index >= 15 is 0 Å². The van der Waals surface area contributed by atoms with E-state index in [4.69, 9.17) is 0 Å². The van der Waals surface area contributed by atoms with Crippen LogP contribution in [0.25, 0.3) is 0 Å². The molecule has 0 saturated carbocycles. The number of likely N-dealkylation sites (tertiary alicyclic amines) is 1. The van der Waals surface area contributed by atoms with Crippen LogP contribution in [0.15, 0.2) is 53.4 Å². The Hall–Kier alpha value is -1.85. The van der Waals surface area contributed by atoms with Crippen molar-refractivity contribution in [3.8, 4) is 0 Å². The van der Waals surface area contributed by atoms with E-state index in [0.717, 1.165) is 39.0 Å². The molecule has 1 fully saturated rings. The molecule has 1 aliphatic heterocycles. The van der Waals surface area contributed by atoms with Gasteiger partial charge in [-0.1, -0.05) is 45.0 Å². The quantitative estimate of drug-likeness (QED) is 0.575. The molecule has 0 atom stereocenters. The van der Waals surface area contributed by atoms with Crippen molar-refractivity contribution in [1.82, 2.24) is 4.90 Å². The van der Waals surface area contributed by atoms with E-state index in [9.17, 15) is 8.42 Å². The first-order valence-electron chi connectivity index (χ1n) is 11.5. The predicted molar refractivity (Wildman–Crippen MR) is 131 cm³/mol. The highest BCUT2D eigenvalue weighted by Gasteiger charge is 2.19. The number of rotatable bonds is 8. The van der Waals surface area contributed by atoms with E-state index in [1.54, 1.807) is 12.1 Å². The maximum absolute atomic E-state index is 11.6. The molecule has 0 aliphatic carbocycles. The van der Waals surface area contributed by atoms with Gasteiger partial charge >= 0.3 is 0 Å². The highest BCUT2D eigenvalue weighted by atomic mass is 32.2. The van der Waals surface area contributed by atoms with Crippen LogP contribution in [-0.4, -0.2) is 45.8 Å². The smallest absolute Gasteiger partial charge is 0.175 e. The van der Waals surface area contributed by atoms with Crippen molar-refractivity contribution >= 4 is 15.5 Å². The van der Waals surface area contributed by atoms with Crippen LogP contribution in [0.5, 0.6) is 0 Å². The zero-order chi connectivity index (χ0) is 22.5. The predicted octanol–water partition coefficient (Wildman–Crippen LogP) is 5.14. The molecule has 1 N–H and O–H groups in total. The fraction of sp³-hybridized carbons (Fsp3) is 0.538. The van der Waals surface area contributed by atoms with Crippen molar-refractivity contribution < 1.29 is 8.42 Å². The first-order chi connectivity index (χ1) is 14.6. The minimum absolute atomic E-state index is 0.199. The summed E-state index contributed by atoms with van der Waals surface area (Å²) in [5.41, 5.74) is 4.01. The molecule has 0 bridgehead atoms. The molecule has 0 aromatic heterocycles. The lowest BCUT2D eigenvalue weighted by molar-refractivity contribution is 0.183. The topological polar surface area (TPSA) is 49.4 Å². The Morgan fingerprint density at radius 3 is 2.13 bits per heavy atom. The minimum atomic E-state index is -3.11. The maximum Gasteiger partial charge on any atom is 0.175 e. The number of hydrogen-bond acceptors (Lipinski definition) is 4. The average molecular weight is 443 g/mol. The molecule has 170 valence electrons. The standard InChI is InChI=1S/C26H38N2O2S/c1-26(2,3)23-8-10-24(11-9-23)27-16-5-17-28-18-14-22(15-19-28)20-21-6-12-25(13-7-21)31(4,29)30/h6-13,22,27H,5,14-20H2,1-4H3. The van der Waals surface area contributed by atoms with Gasteiger partial charge in [-0.05, 0) is 92.0 Å². The Labute approximate surface area is 189 Å². The van der Waals surface area contributed by atoms with Gasteiger partial charge in [-0.3, -0.25) is 0 Å². The molecule has 31 heavy (non-hydrogen) atoms. The van der Waals surface area contributed by atoms with Gasteiger partial charge in [-0.2, -0.15) is 0 Å². The van der Waals surface area contributed by atoms with Gasteiger partial charge in [-0.25, -0.2) is 8.42 Å². The fourth-order valence-electron chi connectivity index (χ4n) is 4.24. The monoisotopic (exact) mass is 442 g/mol. The second-order valence-electron chi connectivity index (χ2n) is 10.0. The second kappa shape index (κ2) is 10.2. The van der Waals surface area contributed by atoms with Crippen molar-refractivity contribution in [2.24, 2.45) is 5.92 Å². The van der Waals surface area contributed by atoms with E-state index in [2.05, 4.69) is 55.3 Å². The summed E-state index contributed by atoms with van der Waals surface area (Å²) in [5, 5.41) is 3.55. The molecule has 5 heteroatoms. The molecule has 0 amide bonds. The van der Waals surface area contributed by atoms with E-state index in [1.165, 1.54) is 35.9 Å². The van der Waals surface area contributed by atoms with Crippen molar-refractivity contribution in [3.05, 3.63) is 59.7 Å². The highest BCUT2D eigenvalue weighted by Crippen LogP contribution is 2.24. The zero-order valence-electron chi connectivity index (χ0n) is 19.5. The third-order valence-corrected chi connectivity index (χ3v) is 7.44. The Bertz CT molecular complexity index is 921. The first kappa shape index (κ1) is 23.8. The summed E-state index contributed by atoms with van der Waals surface area (Å²) < 4.78 is 23.2. The highest BCUT2D eigenvalue weighted by molar-refractivity contribution is 7.90. The summed E-state index contributed by atoms with van der Waals surface area (Å²) in [4.78, 5) is 2.98. The SMILES string of the molecule is CC(C)(C)c1ccc(NCCCN2CCC(Cc3ccc(S(C)(=O)=O)cc3)CC2)cc1. The number of anilines is 1. The molecular formula is C26H38N2O2S. The largest absolute Gasteiger partial charge is 0.385 e. The molecule has 2 aromatic rings. The summed E-state index contributed by atoms with van der Waals surface area (Å²) in [7, 11) is -3.11. The Balaban J connectivity index is 1.34. The van der Waals surface area contributed by atoms with Gasteiger partial charge in [0.15, 0.2) is 9.84 Å². The van der Waals surface area contributed by atoms with Gasteiger partial charge < -0.3 is 10.2 Å². The number of nitrogens with one attached hydrogen (secondary N) is 1. The summed E-state index contributed by atoms with van der Waals surface area (Å²) in [6.45, 7) is 11.2. The molecule has 4 nitrogen and oxygen atoms in total. The molecule has 0 spiro atoms. The van der Waals surface area contributed by atoms with Crippen molar-refractivity contribution in [2.45, 2.75) is 56.8 Å². The van der Waals surface area contributed by atoms with Crippen LogP contribution in [0, 0.1) is 5.92 Å². The zero-order valence-corrected chi connectivity index (χ0v) is 20.3. The summed E-state index contributed by atoms with van der Waals surface area (Å²) >= 11 is 0. The number of benzene rings is 2. The molecule has 2 aromatic carbocycles. The van der Waals surface area contributed by atoms with Crippen LogP contribution in [0.2, 0.25) is 0 Å². The lowest BCUT2D eigenvalue weighted by Crippen LogP contribution is -2.35. The minimum Gasteiger partial charge on any atom is -0.385 e. The van der Waals surface area contributed by atoms with E-state index in [-0.39, 0.29) is 5.41 Å². The van der Waals surface area contributed by atoms with Crippen LogP contribution in [0.3, 0.4) is 0 Å². The van der Waals surface area contributed by atoms with E-state index in [0.29, 0.717) is 10.8 Å². The van der Waals surface area contributed by atoms with Crippen LogP contribution >= 0.6 is 0 Å².